The van der Waals surface area contributed by atoms with Crippen molar-refractivity contribution in [3.05, 3.63) is 155 Å². The number of fused-ring (bicyclic) bond motifs is 5. The second kappa shape index (κ2) is 15.6. The normalized spacial score (nSPS) is 19.9. The summed E-state index contributed by atoms with van der Waals surface area (Å²) in [6.45, 7) is -1.29. The number of furan rings is 1. The molecule has 0 bridgehead atoms. The Morgan fingerprint density at radius 1 is 0.679 bits per heavy atom. The van der Waals surface area contributed by atoms with Gasteiger partial charge in [0.2, 0.25) is 0 Å². The standard InChI is InChI=1S/C32H32NO.C20H18N.Ir/c1-20-18-33-28(15-27(20)22-16-31(2,3)19-32(4,5)17-22)26-12-8-11-24-25-14-13-21-9-6-7-10-23(21)29(25)34-30(24)26;1-14-9-10-18(20-11-15(2)16(3)13-21-20)12-19(14)17-7-5-4-6-8-17;/h6-11,13-15,18,22H,16-17,19H2,1-5H3;4-9,11-13H,1-3H3;/q2*-1;/i1D3,22D;1D3,2D3,3D3;. The molecule has 3 aromatic heterocycles. The third-order valence-electron chi connectivity index (χ3n) is 10.4. The molecular weight excluding hydrogens is 861 g/mol. The molecule has 56 heavy (non-hydrogen) atoms. The first kappa shape index (κ1) is 26.1. The van der Waals surface area contributed by atoms with Crippen LogP contribution in [0.15, 0.2) is 120 Å². The minimum atomic E-state index is -2.65. The van der Waals surface area contributed by atoms with Crippen LogP contribution in [0.25, 0.3) is 66.4 Å². The molecule has 1 aliphatic carbocycles. The number of nitrogens with zero attached hydrogens (tertiary/aromatic N) is 2. The van der Waals surface area contributed by atoms with Gasteiger partial charge in [-0.25, -0.2) is 0 Å². The summed E-state index contributed by atoms with van der Waals surface area (Å²) in [4.78, 5) is 8.76. The van der Waals surface area contributed by atoms with Crippen molar-refractivity contribution in [1.29, 1.82) is 0 Å². The van der Waals surface area contributed by atoms with Crippen LogP contribution in [0.3, 0.4) is 0 Å². The summed E-state index contributed by atoms with van der Waals surface area (Å²) in [7, 11) is 0. The third kappa shape index (κ3) is 7.88. The minimum absolute atomic E-state index is 0. The first-order valence-corrected chi connectivity index (χ1v) is 18.4. The Bertz CT molecular complexity index is 3170. The molecule has 0 unspecified atom stereocenters. The van der Waals surface area contributed by atoms with Gasteiger partial charge >= 0.3 is 0 Å². The molecule has 0 aliphatic heterocycles. The van der Waals surface area contributed by atoms with Crippen molar-refractivity contribution in [2.75, 3.05) is 0 Å². The first-order valence-electron chi connectivity index (χ1n) is 24.9. The molecular formula is C52H50IrN2O-2. The Morgan fingerprint density at radius 2 is 1.38 bits per heavy atom. The van der Waals surface area contributed by atoms with Gasteiger partial charge in [0.05, 0.1) is 5.58 Å². The van der Waals surface area contributed by atoms with E-state index in [-0.39, 0.29) is 58.9 Å². The summed E-state index contributed by atoms with van der Waals surface area (Å²) in [6, 6.07) is 37.2. The Labute approximate surface area is 364 Å². The van der Waals surface area contributed by atoms with Gasteiger partial charge in [0.15, 0.2) is 0 Å². The number of aryl methyl sites for hydroxylation is 4. The fraction of sp³-hybridized carbons (Fsp3) is 0.269. The van der Waals surface area contributed by atoms with Crippen LogP contribution in [0.1, 0.15) is 98.5 Å². The van der Waals surface area contributed by atoms with E-state index in [4.69, 9.17) is 20.9 Å². The molecule has 0 spiro atoms. The number of hydrogen-bond donors (Lipinski definition) is 0. The van der Waals surface area contributed by atoms with Crippen molar-refractivity contribution >= 4 is 32.7 Å². The summed E-state index contributed by atoms with van der Waals surface area (Å²) < 4.78 is 110. The van der Waals surface area contributed by atoms with E-state index in [1.165, 1.54) is 18.3 Å². The molecule has 0 saturated heterocycles. The van der Waals surface area contributed by atoms with Crippen molar-refractivity contribution in [3.8, 4) is 33.6 Å². The van der Waals surface area contributed by atoms with E-state index in [1.807, 2.05) is 36.4 Å². The van der Waals surface area contributed by atoms with E-state index in [0.717, 1.165) is 39.7 Å². The van der Waals surface area contributed by atoms with Crippen molar-refractivity contribution in [2.24, 2.45) is 10.8 Å². The largest absolute Gasteiger partial charge is 0.500 e. The number of rotatable bonds is 4. The Kier molecular flexibility index (Phi) is 7.26. The summed E-state index contributed by atoms with van der Waals surface area (Å²) in [5, 5.41) is 4.12. The fourth-order valence-electron chi connectivity index (χ4n) is 8.47. The smallest absolute Gasteiger partial charge is 0.128 e. The fourth-order valence-corrected chi connectivity index (χ4v) is 8.47. The monoisotopic (exact) mass is 924 g/mol. The molecule has 4 heteroatoms. The van der Waals surface area contributed by atoms with E-state index in [1.54, 1.807) is 30.3 Å². The zero-order chi connectivity index (χ0) is 49.4. The van der Waals surface area contributed by atoms with Gasteiger partial charge < -0.3 is 14.4 Å². The summed E-state index contributed by atoms with van der Waals surface area (Å²) in [5.74, 6) is -1.05. The van der Waals surface area contributed by atoms with E-state index >= 15 is 0 Å². The summed E-state index contributed by atoms with van der Waals surface area (Å²) in [5.41, 5.74) is 4.38. The van der Waals surface area contributed by atoms with Crippen LogP contribution in [0.2, 0.25) is 0 Å². The van der Waals surface area contributed by atoms with Gasteiger partial charge in [-0.05, 0) is 95.6 Å². The van der Waals surface area contributed by atoms with Crippen molar-refractivity contribution < 1.29 is 42.3 Å². The molecule has 1 aliphatic rings. The first-order chi connectivity index (χ1) is 31.5. The van der Waals surface area contributed by atoms with E-state index in [2.05, 4.69) is 74.1 Å². The maximum absolute atomic E-state index is 9.68. The van der Waals surface area contributed by atoms with Crippen molar-refractivity contribution in [3.63, 3.8) is 0 Å². The summed E-state index contributed by atoms with van der Waals surface area (Å²) in [6.07, 6.45) is 4.65. The predicted molar refractivity (Wildman–Crippen MR) is 230 cm³/mol. The molecule has 0 amide bonds. The van der Waals surface area contributed by atoms with Gasteiger partial charge in [0.25, 0.3) is 0 Å². The SMILES string of the molecule is [2H]C([2H])([2H])c1c[c-]c(-c2cc(C([2H])([2H])[2H])c(C([2H])([2H])[2H])cn2)cc1-c1ccccc1.[2H]C([2H])([2H])c1cnc(-c2[c-]ccc3c2oc2c4ccccc4ccc32)cc1C1([2H])CC(C)(C)CC(C)(C)C1.[Ir]. The average Bonchev–Trinajstić information content (AvgIpc) is 3.63. The Balaban J connectivity index is 0.000000207. The van der Waals surface area contributed by atoms with Gasteiger partial charge in [-0.15, -0.1) is 47.5 Å². The van der Waals surface area contributed by atoms with Gasteiger partial charge in [0.1, 0.15) is 5.58 Å². The third-order valence-corrected chi connectivity index (χ3v) is 10.4. The maximum atomic E-state index is 9.68. The molecule has 8 aromatic rings. The second-order valence-electron chi connectivity index (χ2n) is 16.1. The van der Waals surface area contributed by atoms with Crippen LogP contribution in [0.4, 0.5) is 0 Å². The van der Waals surface area contributed by atoms with Crippen molar-refractivity contribution in [2.45, 2.75) is 80.3 Å². The zero-order valence-electron chi connectivity index (χ0n) is 44.7. The minimum Gasteiger partial charge on any atom is -0.500 e. The van der Waals surface area contributed by atoms with Gasteiger partial charge in [0, 0.05) is 61.1 Å². The number of aromatic nitrogens is 2. The number of hydrogen-bond acceptors (Lipinski definition) is 3. The zero-order valence-corrected chi connectivity index (χ0v) is 34.1. The topological polar surface area (TPSA) is 38.9 Å². The van der Waals surface area contributed by atoms with Crippen LogP contribution in [-0.4, -0.2) is 9.97 Å². The maximum Gasteiger partial charge on any atom is 0.128 e. The second-order valence-corrected chi connectivity index (χ2v) is 16.1. The quantitative estimate of drug-likeness (QED) is 0.165. The summed E-state index contributed by atoms with van der Waals surface area (Å²) >= 11 is 0. The van der Waals surface area contributed by atoms with Gasteiger partial charge in [-0.3, -0.25) is 0 Å². The number of pyridine rings is 2. The Hall–Kier alpha value is -4.89. The average molecular weight is 924 g/mol. The van der Waals surface area contributed by atoms with Crippen LogP contribution >= 0.6 is 0 Å². The van der Waals surface area contributed by atoms with Crippen LogP contribution in [0, 0.1) is 50.4 Å². The molecule has 5 aromatic carbocycles. The molecule has 3 heterocycles. The molecule has 0 N–H and O–H groups in total. The van der Waals surface area contributed by atoms with E-state index in [0.29, 0.717) is 51.9 Å². The molecule has 9 rings (SSSR count). The van der Waals surface area contributed by atoms with Crippen LogP contribution in [-0.2, 0) is 20.1 Å². The van der Waals surface area contributed by atoms with Gasteiger partial charge in [-0.1, -0.05) is 135 Å². The predicted octanol–water partition coefficient (Wildman–Crippen LogP) is 14.4. The molecule has 1 radical (unpaired) electrons. The van der Waals surface area contributed by atoms with Gasteiger partial charge in [-0.2, -0.15) is 0 Å². The Morgan fingerprint density at radius 3 is 2.14 bits per heavy atom. The van der Waals surface area contributed by atoms with Crippen LogP contribution in [0.5, 0.6) is 0 Å². The molecule has 3 nitrogen and oxygen atoms in total. The van der Waals surface area contributed by atoms with E-state index < -0.39 is 33.3 Å². The molecule has 1 fully saturated rings. The molecule has 1 saturated carbocycles. The number of benzene rings is 5. The van der Waals surface area contributed by atoms with Crippen molar-refractivity contribution in [1.82, 2.24) is 9.97 Å². The van der Waals surface area contributed by atoms with E-state index in [9.17, 15) is 1.37 Å². The molecule has 285 valence electrons. The van der Waals surface area contributed by atoms with Crippen LogP contribution < -0.4 is 0 Å². The molecule has 0 atom stereocenters.